The van der Waals surface area contributed by atoms with Crippen molar-refractivity contribution in [2.45, 2.75) is 32.7 Å². The van der Waals surface area contributed by atoms with E-state index in [0.29, 0.717) is 5.02 Å². The predicted molar refractivity (Wildman–Crippen MR) is 72.9 cm³/mol. The highest BCUT2D eigenvalue weighted by Crippen LogP contribution is 2.22. The van der Waals surface area contributed by atoms with Gasteiger partial charge < -0.3 is 5.73 Å². The van der Waals surface area contributed by atoms with Crippen LogP contribution in [0.2, 0.25) is 5.02 Å². The van der Waals surface area contributed by atoms with Gasteiger partial charge in [0.2, 0.25) is 0 Å². The first-order valence-electron chi connectivity index (χ1n) is 6.06. The minimum Gasteiger partial charge on any atom is -0.323 e. The van der Waals surface area contributed by atoms with Crippen LogP contribution in [0.4, 0.5) is 0 Å². The smallest absolute Gasteiger partial charge is 0.0998 e. The fourth-order valence-electron chi connectivity index (χ4n) is 1.82. The lowest BCUT2D eigenvalue weighted by Gasteiger charge is -2.05. The van der Waals surface area contributed by atoms with E-state index in [2.05, 4.69) is 17.2 Å². The first-order valence-corrected chi connectivity index (χ1v) is 6.44. The Kier molecular flexibility index (Phi) is 3.99. The fourth-order valence-corrected chi connectivity index (χ4v) is 2.14. The minimum absolute atomic E-state index is 0.0621. The number of aryl methyl sites for hydroxylation is 1. The van der Waals surface area contributed by atoms with Crippen molar-refractivity contribution in [3.63, 3.8) is 0 Å². The molecule has 1 atom stereocenters. The summed E-state index contributed by atoms with van der Waals surface area (Å²) in [4.78, 5) is 0. The van der Waals surface area contributed by atoms with Crippen molar-refractivity contribution in [1.82, 2.24) is 15.0 Å². The van der Waals surface area contributed by atoms with Crippen molar-refractivity contribution in [3.05, 3.63) is 40.7 Å². The molecule has 0 aliphatic heterocycles. The Bertz CT molecular complexity index is 536. The van der Waals surface area contributed by atoms with Crippen molar-refractivity contribution in [2.24, 2.45) is 5.73 Å². The standard InChI is InChI=1S/C13H17ClN4/c1-3-4-11(15)12-8-18(17-16-12)13-6-5-9(2)7-10(13)14/h5-8,11H,3-4,15H2,1-2H3. The summed E-state index contributed by atoms with van der Waals surface area (Å²) in [7, 11) is 0. The molecular weight excluding hydrogens is 248 g/mol. The predicted octanol–water partition coefficient (Wildman–Crippen LogP) is 3.03. The zero-order valence-electron chi connectivity index (χ0n) is 10.6. The van der Waals surface area contributed by atoms with Gasteiger partial charge in [-0.15, -0.1) is 5.10 Å². The maximum atomic E-state index is 6.19. The van der Waals surface area contributed by atoms with Gasteiger partial charge in [0.05, 0.1) is 28.6 Å². The Hall–Kier alpha value is -1.39. The van der Waals surface area contributed by atoms with E-state index >= 15 is 0 Å². The highest BCUT2D eigenvalue weighted by Gasteiger charge is 2.11. The van der Waals surface area contributed by atoms with E-state index in [0.717, 1.165) is 29.8 Å². The van der Waals surface area contributed by atoms with E-state index in [1.54, 1.807) is 4.68 Å². The number of hydrogen-bond donors (Lipinski definition) is 1. The number of nitrogens with zero attached hydrogens (tertiary/aromatic N) is 3. The minimum atomic E-state index is -0.0621. The van der Waals surface area contributed by atoms with E-state index in [-0.39, 0.29) is 6.04 Å². The van der Waals surface area contributed by atoms with Crippen LogP contribution in [0.5, 0.6) is 0 Å². The molecule has 18 heavy (non-hydrogen) atoms. The summed E-state index contributed by atoms with van der Waals surface area (Å²) in [5.41, 5.74) is 8.75. The Labute approximate surface area is 112 Å². The number of rotatable bonds is 4. The third kappa shape index (κ3) is 2.71. The topological polar surface area (TPSA) is 56.7 Å². The molecule has 0 spiro atoms. The lowest BCUT2D eigenvalue weighted by molar-refractivity contribution is 0.619. The van der Waals surface area contributed by atoms with Crippen LogP contribution < -0.4 is 5.73 Å². The molecule has 0 aliphatic rings. The highest BCUT2D eigenvalue weighted by atomic mass is 35.5. The quantitative estimate of drug-likeness (QED) is 0.923. The summed E-state index contributed by atoms with van der Waals surface area (Å²) in [6.07, 6.45) is 3.77. The summed E-state index contributed by atoms with van der Waals surface area (Å²) in [6.45, 7) is 4.10. The molecule has 0 saturated heterocycles. The van der Waals surface area contributed by atoms with Gasteiger partial charge in [0.1, 0.15) is 0 Å². The van der Waals surface area contributed by atoms with Crippen molar-refractivity contribution < 1.29 is 0 Å². The number of halogens is 1. The van der Waals surface area contributed by atoms with Gasteiger partial charge in [0.25, 0.3) is 0 Å². The van der Waals surface area contributed by atoms with Crippen LogP contribution in [-0.4, -0.2) is 15.0 Å². The molecule has 4 nitrogen and oxygen atoms in total. The largest absolute Gasteiger partial charge is 0.323 e. The van der Waals surface area contributed by atoms with Gasteiger partial charge in [-0.2, -0.15) is 0 Å². The molecule has 2 aromatic rings. The maximum Gasteiger partial charge on any atom is 0.0998 e. The molecule has 1 heterocycles. The zero-order valence-corrected chi connectivity index (χ0v) is 11.4. The van der Waals surface area contributed by atoms with Crippen molar-refractivity contribution >= 4 is 11.6 Å². The zero-order chi connectivity index (χ0) is 13.1. The molecule has 0 fully saturated rings. The first kappa shape index (κ1) is 13.1. The third-order valence-corrected chi connectivity index (χ3v) is 3.14. The average Bonchev–Trinajstić information content (AvgIpc) is 2.78. The first-order chi connectivity index (χ1) is 8.61. The fraction of sp³-hybridized carbons (Fsp3) is 0.385. The Morgan fingerprint density at radius 3 is 2.89 bits per heavy atom. The van der Waals surface area contributed by atoms with E-state index in [4.69, 9.17) is 17.3 Å². The Morgan fingerprint density at radius 2 is 2.22 bits per heavy atom. The van der Waals surface area contributed by atoms with Crippen molar-refractivity contribution in [3.8, 4) is 5.69 Å². The summed E-state index contributed by atoms with van der Waals surface area (Å²) in [6, 6.07) is 5.77. The van der Waals surface area contributed by atoms with E-state index in [1.807, 2.05) is 31.3 Å². The maximum absolute atomic E-state index is 6.19. The van der Waals surface area contributed by atoms with Crippen LogP contribution in [-0.2, 0) is 0 Å². The van der Waals surface area contributed by atoms with Gasteiger partial charge in [0, 0.05) is 0 Å². The van der Waals surface area contributed by atoms with Gasteiger partial charge >= 0.3 is 0 Å². The molecule has 0 aliphatic carbocycles. The molecule has 0 saturated carbocycles. The number of benzene rings is 1. The second kappa shape index (κ2) is 5.50. The van der Waals surface area contributed by atoms with Crippen molar-refractivity contribution in [1.29, 1.82) is 0 Å². The summed E-state index contributed by atoms with van der Waals surface area (Å²) in [5.74, 6) is 0. The molecule has 2 N–H and O–H groups in total. The van der Waals surface area contributed by atoms with Gasteiger partial charge in [-0.25, -0.2) is 4.68 Å². The molecular formula is C13H17ClN4. The lowest BCUT2D eigenvalue weighted by atomic mass is 10.1. The molecule has 1 aromatic heterocycles. The average molecular weight is 265 g/mol. The molecule has 1 aromatic carbocycles. The molecule has 0 bridgehead atoms. The summed E-state index contributed by atoms with van der Waals surface area (Å²) >= 11 is 6.19. The molecule has 0 amide bonds. The molecule has 5 heteroatoms. The van der Waals surface area contributed by atoms with Gasteiger partial charge in [-0.1, -0.05) is 36.2 Å². The van der Waals surface area contributed by atoms with E-state index in [9.17, 15) is 0 Å². The molecule has 2 rings (SSSR count). The van der Waals surface area contributed by atoms with Crippen LogP contribution >= 0.6 is 11.6 Å². The van der Waals surface area contributed by atoms with Crippen LogP contribution in [0.25, 0.3) is 5.69 Å². The van der Waals surface area contributed by atoms with Crippen molar-refractivity contribution in [2.75, 3.05) is 0 Å². The summed E-state index contributed by atoms with van der Waals surface area (Å²) < 4.78 is 1.67. The second-order valence-electron chi connectivity index (χ2n) is 4.44. The Balaban J connectivity index is 2.29. The van der Waals surface area contributed by atoms with Crippen LogP contribution in [0.1, 0.15) is 37.1 Å². The molecule has 0 radical (unpaired) electrons. The normalized spacial score (nSPS) is 12.7. The van der Waals surface area contributed by atoms with Gasteiger partial charge in [-0.05, 0) is 31.0 Å². The van der Waals surface area contributed by atoms with Crippen LogP contribution in [0, 0.1) is 6.92 Å². The lowest BCUT2D eigenvalue weighted by Crippen LogP contribution is -2.10. The third-order valence-electron chi connectivity index (χ3n) is 2.84. The number of aromatic nitrogens is 3. The molecule has 1 unspecified atom stereocenters. The summed E-state index contributed by atoms with van der Waals surface area (Å²) in [5, 5.41) is 8.85. The van der Waals surface area contributed by atoms with Gasteiger partial charge in [0.15, 0.2) is 0 Å². The molecule has 96 valence electrons. The van der Waals surface area contributed by atoms with E-state index < -0.39 is 0 Å². The monoisotopic (exact) mass is 264 g/mol. The van der Waals surface area contributed by atoms with Crippen LogP contribution in [0.15, 0.2) is 24.4 Å². The van der Waals surface area contributed by atoms with Crippen LogP contribution in [0.3, 0.4) is 0 Å². The second-order valence-corrected chi connectivity index (χ2v) is 4.85. The SMILES string of the molecule is CCCC(N)c1cn(-c2ccc(C)cc2Cl)nn1. The highest BCUT2D eigenvalue weighted by molar-refractivity contribution is 6.32. The number of hydrogen-bond acceptors (Lipinski definition) is 3. The Morgan fingerprint density at radius 1 is 1.44 bits per heavy atom. The number of nitrogens with two attached hydrogens (primary N) is 1. The van der Waals surface area contributed by atoms with E-state index in [1.165, 1.54) is 0 Å². The van der Waals surface area contributed by atoms with Gasteiger partial charge in [-0.3, -0.25) is 0 Å².